The molecule has 0 bridgehead atoms. The van der Waals surface area contributed by atoms with E-state index in [-0.39, 0.29) is 23.8 Å². The van der Waals surface area contributed by atoms with Crippen LogP contribution in [0.3, 0.4) is 0 Å². The van der Waals surface area contributed by atoms with Crippen LogP contribution in [-0.2, 0) is 11.3 Å². The molecule has 0 spiro atoms. The molecule has 0 aromatic heterocycles. The van der Waals surface area contributed by atoms with Gasteiger partial charge in [0.15, 0.2) is 0 Å². The van der Waals surface area contributed by atoms with Crippen molar-refractivity contribution in [2.24, 2.45) is 5.92 Å². The molecule has 2 N–H and O–H groups in total. The molecule has 0 unspecified atom stereocenters. The number of nitrogens with one attached hydrogen (secondary N) is 2. The van der Waals surface area contributed by atoms with Gasteiger partial charge in [-0.2, -0.15) is 0 Å². The number of amides is 2. The fraction of sp³-hybridized carbons (Fsp3) is 0.417. The zero-order valence-corrected chi connectivity index (χ0v) is 18.7. The molecular formula is C24H29ClFN3O2. The molecule has 0 saturated carbocycles. The molecule has 1 aliphatic rings. The van der Waals surface area contributed by atoms with Gasteiger partial charge in [-0.15, -0.1) is 0 Å². The molecule has 2 aromatic rings. The van der Waals surface area contributed by atoms with Crippen LogP contribution in [0.5, 0.6) is 0 Å². The van der Waals surface area contributed by atoms with Gasteiger partial charge in [-0.1, -0.05) is 37.6 Å². The molecule has 2 aromatic carbocycles. The third-order valence-electron chi connectivity index (χ3n) is 5.60. The second-order valence-electron chi connectivity index (χ2n) is 8.39. The molecule has 31 heavy (non-hydrogen) atoms. The highest BCUT2D eigenvalue weighted by molar-refractivity contribution is 6.30. The summed E-state index contributed by atoms with van der Waals surface area (Å²) in [5.74, 6) is -1.04. The maximum atomic E-state index is 13.1. The van der Waals surface area contributed by atoms with E-state index < -0.39 is 11.9 Å². The lowest BCUT2D eigenvalue weighted by molar-refractivity contribution is -0.125. The summed E-state index contributed by atoms with van der Waals surface area (Å²) in [4.78, 5) is 27.7. The van der Waals surface area contributed by atoms with E-state index in [4.69, 9.17) is 11.6 Å². The number of halogens is 2. The van der Waals surface area contributed by atoms with E-state index in [9.17, 15) is 14.0 Å². The number of likely N-dealkylation sites (tertiary alicyclic amines) is 1. The third-order valence-corrected chi connectivity index (χ3v) is 5.85. The minimum Gasteiger partial charge on any atom is -0.351 e. The fourth-order valence-electron chi connectivity index (χ4n) is 3.74. The summed E-state index contributed by atoms with van der Waals surface area (Å²) in [5, 5.41) is 6.63. The molecule has 1 saturated heterocycles. The summed E-state index contributed by atoms with van der Waals surface area (Å²) >= 11 is 5.95. The fourth-order valence-corrected chi connectivity index (χ4v) is 3.86. The Labute approximate surface area is 188 Å². The molecule has 166 valence electrons. The predicted molar refractivity (Wildman–Crippen MR) is 120 cm³/mol. The minimum atomic E-state index is -0.648. The third kappa shape index (κ3) is 6.77. The van der Waals surface area contributed by atoms with Gasteiger partial charge in [-0.25, -0.2) is 4.39 Å². The Bertz CT molecular complexity index is 879. The molecule has 5 nitrogen and oxygen atoms in total. The Hall–Kier alpha value is -2.44. The molecule has 3 rings (SSSR count). The van der Waals surface area contributed by atoms with Crippen LogP contribution in [-0.4, -0.2) is 41.9 Å². The van der Waals surface area contributed by atoms with Gasteiger partial charge in [0.2, 0.25) is 5.91 Å². The topological polar surface area (TPSA) is 61.4 Å². The van der Waals surface area contributed by atoms with Crippen molar-refractivity contribution in [2.75, 3.05) is 13.1 Å². The Morgan fingerprint density at radius 2 is 1.68 bits per heavy atom. The van der Waals surface area contributed by atoms with Crippen molar-refractivity contribution in [3.8, 4) is 0 Å². The van der Waals surface area contributed by atoms with E-state index in [2.05, 4.69) is 15.5 Å². The number of hydrogen-bond acceptors (Lipinski definition) is 3. The number of carbonyl (C=O) groups is 2. The molecule has 1 heterocycles. The zero-order valence-electron chi connectivity index (χ0n) is 17.9. The Morgan fingerprint density at radius 3 is 2.26 bits per heavy atom. The average molecular weight is 446 g/mol. The molecule has 1 aliphatic heterocycles. The number of rotatable bonds is 7. The summed E-state index contributed by atoms with van der Waals surface area (Å²) in [7, 11) is 0. The van der Waals surface area contributed by atoms with Crippen molar-refractivity contribution in [2.45, 2.75) is 45.3 Å². The number of hydrogen-bond donors (Lipinski definition) is 2. The van der Waals surface area contributed by atoms with Gasteiger partial charge in [0.1, 0.15) is 11.9 Å². The summed E-state index contributed by atoms with van der Waals surface area (Å²) in [5.41, 5.74) is 1.55. The normalized spacial score (nSPS) is 16.2. The molecule has 1 atom stereocenters. The van der Waals surface area contributed by atoms with E-state index in [0.717, 1.165) is 37.5 Å². The number of nitrogens with zero attached hydrogens (tertiary/aromatic N) is 1. The lowest BCUT2D eigenvalue weighted by Crippen LogP contribution is -2.53. The van der Waals surface area contributed by atoms with Gasteiger partial charge in [0.25, 0.3) is 5.91 Å². The van der Waals surface area contributed by atoms with Crippen molar-refractivity contribution in [1.29, 1.82) is 0 Å². The first-order valence-electron chi connectivity index (χ1n) is 10.7. The lowest BCUT2D eigenvalue weighted by Gasteiger charge is -2.33. The van der Waals surface area contributed by atoms with Gasteiger partial charge in [0, 0.05) is 36.3 Å². The zero-order chi connectivity index (χ0) is 22.4. The van der Waals surface area contributed by atoms with Crippen LogP contribution in [0.4, 0.5) is 4.39 Å². The smallest absolute Gasteiger partial charge is 0.251 e. The van der Waals surface area contributed by atoms with Crippen LogP contribution in [0.2, 0.25) is 5.02 Å². The van der Waals surface area contributed by atoms with Gasteiger partial charge < -0.3 is 10.6 Å². The number of benzene rings is 2. The molecule has 2 amide bonds. The van der Waals surface area contributed by atoms with Crippen molar-refractivity contribution in [3.63, 3.8) is 0 Å². The van der Waals surface area contributed by atoms with Crippen LogP contribution in [0.1, 0.15) is 42.6 Å². The monoisotopic (exact) mass is 445 g/mol. The molecule has 0 radical (unpaired) electrons. The Balaban J connectivity index is 1.50. The van der Waals surface area contributed by atoms with E-state index in [0.29, 0.717) is 5.56 Å². The highest BCUT2D eigenvalue weighted by atomic mass is 35.5. The first-order chi connectivity index (χ1) is 14.8. The predicted octanol–water partition coefficient (Wildman–Crippen LogP) is 4.01. The lowest BCUT2D eigenvalue weighted by atomic mass is 10.00. The van der Waals surface area contributed by atoms with Crippen LogP contribution in [0.25, 0.3) is 0 Å². The van der Waals surface area contributed by atoms with E-state index >= 15 is 0 Å². The van der Waals surface area contributed by atoms with E-state index in [1.165, 1.54) is 29.8 Å². The van der Waals surface area contributed by atoms with Gasteiger partial charge in [-0.05, 0) is 60.7 Å². The summed E-state index contributed by atoms with van der Waals surface area (Å²) < 4.78 is 13.1. The molecule has 1 fully saturated rings. The van der Waals surface area contributed by atoms with Crippen molar-refractivity contribution >= 4 is 23.4 Å². The first-order valence-corrected chi connectivity index (χ1v) is 11.0. The average Bonchev–Trinajstić information content (AvgIpc) is 2.75. The van der Waals surface area contributed by atoms with Crippen molar-refractivity contribution in [1.82, 2.24) is 15.5 Å². The van der Waals surface area contributed by atoms with Gasteiger partial charge >= 0.3 is 0 Å². The number of piperidine rings is 1. The standard InChI is InChI=1S/C24H29ClFN3O2/c1-16(2)22(28-23(30)18-5-9-20(26)10-6-18)24(31)27-21-11-13-29(14-12-21)15-17-3-7-19(25)8-4-17/h3-10,16,21-22H,11-15H2,1-2H3,(H,27,31)(H,28,30)/t22-/m0/s1. The van der Waals surface area contributed by atoms with Gasteiger partial charge in [-0.3, -0.25) is 14.5 Å². The van der Waals surface area contributed by atoms with E-state index in [1.807, 2.05) is 38.1 Å². The van der Waals surface area contributed by atoms with Crippen molar-refractivity contribution in [3.05, 3.63) is 70.5 Å². The quantitative estimate of drug-likeness (QED) is 0.676. The summed E-state index contributed by atoms with van der Waals surface area (Å²) in [6.07, 6.45) is 1.71. The first kappa shape index (κ1) is 23.2. The maximum Gasteiger partial charge on any atom is 0.251 e. The highest BCUT2D eigenvalue weighted by Crippen LogP contribution is 2.16. The van der Waals surface area contributed by atoms with Gasteiger partial charge in [0.05, 0.1) is 0 Å². The van der Waals surface area contributed by atoms with Crippen LogP contribution >= 0.6 is 11.6 Å². The van der Waals surface area contributed by atoms with Crippen molar-refractivity contribution < 1.29 is 14.0 Å². The van der Waals surface area contributed by atoms with Crippen LogP contribution < -0.4 is 10.6 Å². The van der Waals surface area contributed by atoms with Crippen LogP contribution in [0, 0.1) is 11.7 Å². The second-order valence-corrected chi connectivity index (χ2v) is 8.82. The second kappa shape index (κ2) is 10.7. The Kier molecular flexibility index (Phi) is 8.04. The minimum absolute atomic E-state index is 0.0746. The highest BCUT2D eigenvalue weighted by Gasteiger charge is 2.28. The largest absolute Gasteiger partial charge is 0.351 e. The summed E-state index contributed by atoms with van der Waals surface area (Å²) in [6, 6.07) is 12.6. The number of carbonyl (C=O) groups excluding carboxylic acids is 2. The van der Waals surface area contributed by atoms with Crippen LogP contribution in [0.15, 0.2) is 48.5 Å². The molecule has 0 aliphatic carbocycles. The Morgan fingerprint density at radius 1 is 1.06 bits per heavy atom. The molecular weight excluding hydrogens is 417 g/mol. The SMILES string of the molecule is CC(C)[C@H](NC(=O)c1ccc(F)cc1)C(=O)NC1CCN(Cc2ccc(Cl)cc2)CC1. The van der Waals surface area contributed by atoms with E-state index in [1.54, 1.807) is 0 Å². The summed E-state index contributed by atoms with van der Waals surface area (Å²) in [6.45, 7) is 6.43. The maximum absolute atomic E-state index is 13.1. The molecule has 7 heteroatoms.